The van der Waals surface area contributed by atoms with Crippen molar-refractivity contribution in [3.8, 4) is 0 Å². The summed E-state index contributed by atoms with van der Waals surface area (Å²) in [4.78, 5) is 6.86. The SMILES string of the molecule is CN(C)C(CCC1NCNCN1)(N(C)C)N(C)C. The van der Waals surface area contributed by atoms with Gasteiger partial charge in [0.1, 0.15) is 5.79 Å². The second-order valence-corrected chi connectivity index (χ2v) is 5.56. The van der Waals surface area contributed by atoms with Crippen LogP contribution in [-0.4, -0.2) is 82.3 Å². The smallest absolute Gasteiger partial charge is 0.129 e. The van der Waals surface area contributed by atoms with Gasteiger partial charge in [0.25, 0.3) is 0 Å². The molecule has 0 aromatic carbocycles. The molecule has 1 fully saturated rings. The minimum atomic E-state index is -0.0474. The fourth-order valence-corrected chi connectivity index (χ4v) is 2.94. The molecular weight excluding hydrogens is 228 g/mol. The first-order chi connectivity index (χ1) is 8.41. The van der Waals surface area contributed by atoms with Crippen molar-refractivity contribution < 1.29 is 0 Å². The van der Waals surface area contributed by atoms with E-state index in [0.29, 0.717) is 6.17 Å². The Morgan fingerprint density at radius 2 is 1.33 bits per heavy atom. The first-order valence-electron chi connectivity index (χ1n) is 6.61. The fourth-order valence-electron chi connectivity index (χ4n) is 2.94. The van der Waals surface area contributed by atoms with Crippen molar-refractivity contribution in [1.29, 1.82) is 0 Å². The average molecular weight is 258 g/mol. The Hall–Kier alpha value is -0.240. The molecule has 0 atom stereocenters. The van der Waals surface area contributed by atoms with Gasteiger partial charge in [-0.15, -0.1) is 0 Å². The molecule has 0 aromatic heterocycles. The van der Waals surface area contributed by atoms with Crippen LogP contribution in [0.1, 0.15) is 12.8 Å². The predicted octanol–water partition coefficient (Wildman–Crippen LogP) is -0.871. The van der Waals surface area contributed by atoms with Crippen LogP contribution in [0.15, 0.2) is 0 Å². The third kappa shape index (κ3) is 3.40. The van der Waals surface area contributed by atoms with Gasteiger partial charge in [-0.1, -0.05) is 0 Å². The molecule has 0 spiro atoms. The van der Waals surface area contributed by atoms with Crippen molar-refractivity contribution in [2.75, 3.05) is 55.6 Å². The van der Waals surface area contributed by atoms with Gasteiger partial charge in [0.15, 0.2) is 0 Å². The molecule has 0 aromatic rings. The summed E-state index contributed by atoms with van der Waals surface area (Å²) >= 11 is 0. The maximum atomic E-state index is 3.43. The summed E-state index contributed by atoms with van der Waals surface area (Å²) in [6.07, 6.45) is 2.56. The highest BCUT2D eigenvalue weighted by Gasteiger charge is 2.37. The molecule has 1 aliphatic heterocycles. The van der Waals surface area contributed by atoms with Gasteiger partial charge in [0.05, 0.1) is 6.17 Å². The summed E-state index contributed by atoms with van der Waals surface area (Å²) in [5, 5.41) is 10.1. The van der Waals surface area contributed by atoms with E-state index in [1.165, 1.54) is 0 Å². The molecule has 3 N–H and O–H groups in total. The first kappa shape index (κ1) is 15.8. The lowest BCUT2D eigenvalue weighted by Gasteiger charge is -2.50. The molecule has 108 valence electrons. The molecule has 0 bridgehead atoms. The normalized spacial score (nSPS) is 19.2. The summed E-state index contributed by atoms with van der Waals surface area (Å²) in [6, 6.07) is 0. The van der Waals surface area contributed by atoms with E-state index in [4.69, 9.17) is 0 Å². The second-order valence-electron chi connectivity index (χ2n) is 5.56. The first-order valence-corrected chi connectivity index (χ1v) is 6.61. The van der Waals surface area contributed by atoms with Crippen molar-refractivity contribution >= 4 is 0 Å². The summed E-state index contributed by atoms with van der Waals surface area (Å²) in [7, 11) is 12.9. The zero-order valence-electron chi connectivity index (χ0n) is 12.7. The summed E-state index contributed by atoms with van der Waals surface area (Å²) in [5.74, 6) is -0.0474. The highest BCUT2D eigenvalue weighted by molar-refractivity contribution is 4.84. The number of hydrogen-bond donors (Lipinski definition) is 3. The van der Waals surface area contributed by atoms with Crippen molar-refractivity contribution in [2.45, 2.75) is 24.8 Å². The summed E-state index contributed by atoms with van der Waals surface area (Å²) < 4.78 is 0. The van der Waals surface area contributed by atoms with Gasteiger partial charge in [-0.2, -0.15) is 0 Å². The topological polar surface area (TPSA) is 45.8 Å². The Balaban J connectivity index is 2.65. The largest absolute Gasteiger partial charge is 0.292 e. The van der Waals surface area contributed by atoms with Gasteiger partial charge in [-0.05, 0) is 55.1 Å². The molecule has 1 aliphatic rings. The Bertz CT molecular complexity index is 213. The molecule has 1 saturated heterocycles. The maximum Gasteiger partial charge on any atom is 0.129 e. The van der Waals surface area contributed by atoms with Crippen LogP contribution in [0.4, 0.5) is 0 Å². The fraction of sp³-hybridized carbons (Fsp3) is 1.00. The standard InChI is InChI=1S/C12H30N6/c1-16(2)12(17(3)4,18(5)6)8-7-11-14-9-13-10-15-11/h11,13-15H,7-10H2,1-6H3. The molecule has 0 aliphatic carbocycles. The molecule has 18 heavy (non-hydrogen) atoms. The lowest BCUT2D eigenvalue weighted by Crippen LogP contribution is -2.65. The van der Waals surface area contributed by atoms with Crippen molar-refractivity contribution in [3.05, 3.63) is 0 Å². The zero-order chi connectivity index (χ0) is 13.8. The van der Waals surface area contributed by atoms with E-state index in [-0.39, 0.29) is 5.79 Å². The molecular formula is C12H30N6. The Labute approximate surface area is 112 Å². The van der Waals surface area contributed by atoms with E-state index < -0.39 is 0 Å². The van der Waals surface area contributed by atoms with Gasteiger partial charge < -0.3 is 0 Å². The van der Waals surface area contributed by atoms with E-state index in [2.05, 4.69) is 72.9 Å². The third-order valence-corrected chi connectivity index (χ3v) is 3.86. The Morgan fingerprint density at radius 1 is 0.889 bits per heavy atom. The van der Waals surface area contributed by atoms with Gasteiger partial charge in [0.2, 0.25) is 0 Å². The molecule has 0 saturated carbocycles. The van der Waals surface area contributed by atoms with Crippen LogP contribution >= 0.6 is 0 Å². The average Bonchev–Trinajstić information content (AvgIpc) is 2.29. The number of nitrogens with zero attached hydrogens (tertiary/aromatic N) is 3. The highest BCUT2D eigenvalue weighted by Crippen LogP contribution is 2.24. The minimum Gasteiger partial charge on any atom is -0.292 e. The molecule has 0 radical (unpaired) electrons. The maximum absolute atomic E-state index is 3.43. The van der Waals surface area contributed by atoms with Crippen molar-refractivity contribution in [2.24, 2.45) is 0 Å². The minimum absolute atomic E-state index is 0.0474. The van der Waals surface area contributed by atoms with Crippen LogP contribution in [0.2, 0.25) is 0 Å². The van der Waals surface area contributed by atoms with Crippen molar-refractivity contribution in [1.82, 2.24) is 30.7 Å². The lowest BCUT2D eigenvalue weighted by molar-refractivity contribution is -0.117. The number of nitrogens with one attached hydrogen (secondary N) is 3. The van der Waals surface area contributed by atoms with E-state index in [9.17, 15) is 0 Å². The van der Waals surface area contributed by atoms with Gasteiger partial charge >= 0.3 is 0 Å². The molecule has 6 nitrogen and oxygen atoms in total. The van der Waals surface area contributed by atoms with Gasteiger partial charge in [0, 0.05) is 13.3 Å². The Kier molecular flexibility index (Phi) is 5.97. The molecule has 1 rings (SSSR count). The summed E-state index contributed by atoms with van der Waals surface area (Å²) in [6.45, 7) is 1.77. The van der Waals surface area contributed by atoms with E-state index in [1.54, 1.807) is 0 Å². The van der Waals surface area contributed by atoms with Gasteiger partial charge in [-0.25, -0.2) is 0 Å². The number of hydrogen-bond acceptors (Lipinski definition) is 6. The van der Waals surface area contributed by atoms with Gasteiger partial charge in [-0.3, -0.25) is 30.7 Å². The van der Waals surface area contributed by atoms with Crippen LogP contribution < -0.4 is 16.0 Å². The summed E-state index contributed by atoms with van der Waals surface area (Å²) in [5.41, 5.74) is 0. The Morgan fingerprint density at radius 3 is 1.72 bits per heavy atom. The molecule has 1 heterocycles. The number of rotatable bonds is 6. The second kappa shape index (κ2) is 6.79. The van der Waals surface area contributed by atoms with Crippen LogP contribution in [0, 0.1) is 0 Å². The van der Waals surface area contributed by atoms with Crippen molar-refractivity contribution in [3.63, 3.8) is 0 Å². The zero-order valence-corrected chi connectivity index (χ0v) is 12.7. The predicted molar refractivity (Wildman–Crippen MR) is 76.0 cm³/mol. The van der Waals surface area contributed by atoms with Crippen LogP contribution in [-0.2, 0) is 0 Å². The monoisotopic (exact) mass is 258 g/mol. The van der Waals surface area contributed by atoms with Crippen LogP contribution in [0.3, 0.4) is 0 Å². The van der Waals surface area contributed by atoms with E-state index in [1.807, 2.05) is 0 Å². The molecule has 0 amide bonds. The molecule has 6 heteroatoms. The van der Waals surface area contributed by atoms with Crippen LogP contribution in [0.25, 0.3) is 0 Å². The third-order valence-electron chi connectivity index (χ3n) is 3.86. The quantitative estimate of drug-likeness (QED) is 0.538. The highest BCUT2D eigenvalue weighted by atomic mass is 15.5. The lowest BCUT2D eigenvalue weighted by atomic mass is 10.1. The molecule has 0 unspecified atom stereocenters. The van der Waals surface area contributed by atoms with Crippen LogP contribution in [0.5, 0.6) is 0 Å². The van der Waals surface area contributed by atoms with E-state index in [0.717, 1.165) is 26.2 Å². The van der Waals surface area contributed by atoms with E-state index >= 15 is 0 Å².